The van der Waals surface area contributed by atoms with Crippen LogP contribution in [-0.2, 0) is 6.54 Å². The average Bonchev–Trinajstić information content (AvgIpc) is 2.80. The first kappa shape index (κ1) is 22.1. The van der Waals surface area contributed by atoms with Gasteiger partial charge in [-0.1, -0.05) is 29.8 Å². The number of benzene rings is 1. The van der Waals surface area contributed by atoms with E-state index in [2.05, 4.69) is 31.6 Å². The second-order valence-electron chi connectivity index (χ2n) is 10.9. The van der Waals surface area contributed by atoms with Crippen molar-refractivity contribution in [1.82, 2.24) is 14.9 Å². The minimum atomic E-state index is -0.129. The maximum Gasteiger partial charge on any atom is 0.224 e. The van der Waals surface area contributed by atoms with Gasteiger partial charge in [0.05, 0.1) is 12.3 Å². The Morgan fingerprint density at radius 3 is 2.62 bits per heavy atom. The summed E-state index contributed by atoms with van der Waals surface area (Å²) in [5.74, 6) is 3.37. The van der Waals surface area contributed by atoms with Crippen molar-refractivity contribution < 1.29 is 5.11 Å². The van der Waals surface area contributed by atoms with Crippen LogP contribution in [0.25, 0.3) is 0 Å². The third kappa shape index (κ3) is 4.02. The van der Waals surface area contributed by atoms with E-state index in [9.17, 15) is 10.4 Å². The first-order chi connectivity index (χ1) is 16.5. The van der Waals surface area contributed by atoms with Crippen LogP contribution < -0.4 is 10.6 Å². The average molecular weight is 479 g/mol. The quantitative estimate of drug-likeness (QED) is 0.555. The summed E-state index contributed by atoms with van der Waals surface area (Å²) in [6, 6.07) is 10.6. The molecule has 178 valence electrons. The molecule has 5 fully saturated rings. The van der Waals surface area contributed by atoms with Gasteiger partial charge in [-0.3, -0.25) is 4.90 Å². The SMILES string of the molecule is N#Cc1cnc(NCc2ccccc2Cl)nc1NCC12CC3C[C@H](C1)C(N1CC(O)C1)[C@@H](C3)C2. The molecule has 1 saturated heterocycles. The van der Waals surface area contributed by atoms with E-state index in [1.807, 2.05) is 24.3 Å². The largest absolute Gasteiger partial charge is 0.390 e. The molecule has 1 aromatic heterocycles. The van der Waals surface area contributed by atoms with Gasteiger partial charge in [0.2, 0.25) is 5.95 Å². The van der Waals surface area contributed by atoms with E-state index < -0.39 is 0 Å². The third-order valence-corrected chi connectivity index (χ3v) is 8.97. The van der Waals surface area contributed by atoms with Crippen LogP contribution in [0.5, 0.6) is 0 Å². The number of aromatic nitrogens is 2. The van der Waals surface area contributed by atoms with E-state index >= 15 is 0 Å². The number of anilines is 2. The fraction of sp³-hybridized carbons (Fsp3) is 0.577. The Hall–Kier alpha value is -2.40. The van der Waals surface area contributed by atoms with E-state index in [4.69, 9.17) is 11.6 Å². The molecule has 4 aliphatic carbocycles. The van der Waals surface area contributed by atoms with E-state index in [1.54, 1.807) is 6.20 Å². The van der Waals surface area contributed by atoms with Gasteiger partial charge in [0.15, 0.2) is 0 Å². The number of likely N-dealkylation sites (tertiary alicyclic amines) is 1. The summed E-state index contributed by atoms with van der Waals surface area (Å²) in [5, 5.41) is 27.0. The lowest BCUT2D eigenvalue weighted by Gasteiger charge is -2.63. The highest BCUT2D eigenvalue weighted by Crippen LogP contribution is 2.61. The van der Waals surface area contributed by atoms with Crippen molar-refractivity contribution >= 4 is 23.4 Å². The summed E-state index contributed by atoms with van der Waals surface area (Å²) in [5.41, 5.74) is 1.73. The normalized spacial score (nSPS) is 32.3. The molecule has 34 heavy (non-hydrogen) atoms. The molecule has 7 rings (SSSR count). The zero-order chi connectivity index (χ0) is 23.3. The molecule has 7 nitrogen and oxygen atoms in total. The molecule has 3 N–H and O–H groups in total. The predicted octanol–water partition coefficient (Wildman–Crippen LogP) is 3.90. The molecular formula is C26H31ClN6O. The maximum atomic E-state index is 9.82. The third-order valence-electron chi connectivity index (χ3n) is 8.60. The molecule has 5 atom stereocenters. The standard InChI is InChI=1S/C26H31ClN6O/c27-22-4-2-1-3-17(22)11-29-25-30-12-20(10-28)24(32-25)31-15-26-7-16-5-18(8-26)23(19(6-16)9-26)33-13-21(34)14-33/h1-4,12,16,18-19,21,23,34H,5-9,11,13-15H2,(H2,29,30,31,32)/t16?,18-,19+,23?,26?. The zero-order valence-corrected chi connectivity index (χ0v) is 20.0. The van der Waals surface area contributed by atoms with Gasteiger partial charge in [-0.2, -0.15) is 10.2 Å². The summed E-state index contributed by atoms with van der Waals surface area (Å²) in [7, 11) is 0. The summed E-state index contributed by atoms with van der Waals surface area (Å²) in [4.78, 5) is 11.5. The van der Waals surface area contributed by atoms with Gasteiger partial charge >= 0.3 is 0 Å². The molecule has 1 aromatic carbocycles. The second kappa shape index (κ2) is 8.67. The van der Waals surface area contributed by atoms with Gasteiger partial charge in [-0.15, -0.1) is 0 Å². The lowest BCUT2D eigenvalue weighted by Crippen LogP contribution is -2.66. The van der Waals surface area contributed by atoms with Gasteiger partial charge in [0.25, 0.3) is 0 Å². The number of nitrogens with one attached hydrogen (secondary N) is 2. The van der Waals surface area contributed by atoms with Crippen molar-refractivity contribution in [2.24, 2.45) is 23.2 Å². The molecule has 0 amide bonds. The molecule has 0 spiro atoms. The highest BCUT2D eigenvalue weighted by molar-refractivity contribution is 6.31. The van der Waals surface area contributed by atoms with Crippen LogP contribution in [-0.4, -0.2) is 51.8 Å². The van der Waals surface area contributed by atoms with Crippen molar-refractivity contribution in [3.63, 3.8) is 0 Å². The molecule has 4 saturated carbocycles. The Morgan fingerprint density at radius 2 is 1.91 bits per heavy atom. The zero-order valence-electron chi connectivity index (χ0n) is 19.3. The molecule has 4 bridgehead atoms. The minimum absolute atomic E-state index is 0.129. The Morgan fingerprint density at radius 1 is 1.15 bits per heavy atom. The molecule has 5 aliphatic rings. The molecule has 8 heteroatoms. The number of nitrogens with zero attached hydrogens (tertiary/aromatic N) is 4. The fourth-order valence-electron chi connectivity index (χ4n) is 7.48. The summed E-state index contributed by atoms with van der Waals surface area (Å²) >= 11 is 6.27. The van der Waals surface area contributed by atoms with Crippen LogP contribution in [0, 0.1) is 34.5 Å². The predicted molar refractivity (Wildman–Crippen MR) is 131 cm³/mol. The number of nitriles is 1. The van der Waals surface area contributed by atoms with Crippen molar-refractivity contribution in [2.75, 3.05) is 30.3 Å². The van der Waals surface area contributed by atoms with Crippen molar-refractivity contribution in [2.45, 2.75) is 50.8 Å². The number of aliphatic hydroxyl groups is 1. The lowest BCUT2D eigenvalue weighted by atomic mass is 9.47. The highest BCUT2D eigenvalue weighted by atomic mass is 35.5. The van der Waals surface area contributed by atoms with E-state index in [1.165, 1.54) is 32.1 Å². The minimum Gasteiger partial charge on any atom is -0.390 e. The number of β-amino-alcohol motifs (C(OH)–C–C–N with tert-alkyl or cyclic N) is 1. The van der Waals surface area contributed by atoms with Crippen molar-refractivity contribution in [1.29, 1.82) is 5.26 Å². The Kier molecular flexibility index (Phi) is 5.63. The van der Waals surface area contributed by atoms with Crippen LogP contribution >= 0.6 is 11.6 Å². The van der Waals surface area contributed by atoms with Crippen molar-refractivity contribution in [3.8, 4) is 6.07 Å². The summed E-state index contributed by atoms with van der Waals surface area (Å²) in [6.45, 7) is 3.07. The highest BCUT2D eigenvalue weighted by Gasteiger charge is 2.57. The van der Waals surface area contributed by atoms with Crippen LogP contribution in [0.3, 0.4) is 0 Å². The Labute approximate surface area is 205 Å². The molecule has 2 heterocycles. The van der Waals surface area contributed by atoms with Crippen LogP contribution in [0.4, 0.5) is 11.8 Å². The number of hydrogen-bond acceptors (Lipinski definition) is 7. The lowest BCUT2D eigenvalue weighted by molar-refractivity contribution is -0.143. The topological polar surface area (TPSA) is 97.1 Å². The second-order valence-corrected chi connectivity index (χ2v) is 11.3. The number of aliphatic hydroxyl groups excluding tert-OH is 1. The van der Waals surface area contributed by atoms with Crippen molar-refractivity contribution in [3.05, 3.63) is 46.6 Å². The number of halogens is 1. The molecular weight excluding hydrogens is 448 g/mol. The number of rotatable bonds is 7. The molecule has 2 aromatic rings. The smallest absolute Gasteiger partial charge is 0.224 e. The Balaban J connectivity index is 1.14. The molecule has 3 unspecified atom stereocenters. The monoisotopic (exact) mass is 478 g/mol. The van der Waals surface area contributed by atoms with Crippen LogP contribution in [0.15, 0.2) is 30.5 Å². The maximum absolute atomic E-state index is 9.82. The Bertz CT molecular complexity index is 1100. The van der Waals surface area contributed by atoms with Gasteiger partial charge in [0, 0.05) is 37.2 Å². The number of hydrogen-bond donors (Lipinski definition) is 3. The summed E-state index contributed by atoms with van der Waals surface area (Å²) in [6.07, 6.45) is 7.87. The van der Waals surface area contributed by atoms with Crippen LogP contribution in [0.2, 0.25) is 5.02 Å². The summed E-state index contributed by atoms with van der Waals surface area (Å²) < 4.78 is 0. The fourth-order valence-corrected chi connectivity index (χ4v) is 7.68. The molecule has 1 aliphatic heterocycles. The molecule has 0 radical (unpaired) electrons. The first-order valence-corrected chi connectivity index (χ1v) is 12.8. The van der Waals surface area contributed by atoms with Crippen LogP contribution in [0.1, 0.15) is 43.2 Å². The van der Waals surface area contributed by atoms with E-state index in [0.29, 0.717) is 34.9 Å². The first-order valence-electron chi connectivity index (χ1n) is 12.4. The van der Waals surface area contributed by atoms with Gasteiger partial charge in [0.1, 0.15) is 17.5 Å². The van der Waals surface area contributed by atoms with Gasteiger partial charge < -0.3 is 15.7 Å². The van der Waals surface area contributed by atoms with E-state index in [0.717, 1.165) is 43.0 Å². The van der Waals surface area contributed by atoms with E-state index in [-0.39, 0.29) is 11.5 Å². The van der Waals surface area contributed by atoms with Gasteiger partial charge in [-0.25, -0.2) is 4.98 Å². The van der Waals surface area contributed by atoms with Gasteiger partial charge in [-0.05, 0) is 66.9 Å².